The molecule has 0 atom stereocenters. The SMILES string of the molecule is Cc1ccc(S(=O)(=O)N2CCC(=O)c3cccc(C)c32)cc1. The molecule has 1 heterocycles. The number of para-hydroxylation sites is 1. The molecule has 3 rings (SSSR count). The summed E-state index contributed by atoms with van der Waals surface area (Å²) >= 11 is 0. The Morgan fingerprint density at radius 2 is 1.68 bits per heavy atom. The van der Waals surface area contributed by atoms with Crippen molar-refractivity contribution >= 4 is 21.5 Å². The molecular formula is C17H17NO3S. The lowest BCUT2D eigenvalue weighted by Crippen LogP contribution is -2.38. The standard InChI is InChI=1S/C17H17NO3S/c1-12-6-8-14(9-7-12)22(20,21)18-11-10-16(19)15-5-3-4-13(2)17(15)18/h3-9H,10-11H2,1-2H3. The van der Waals surface area contributed by atoms with Crippen LogP contribution >= 0.6 is 0 Å². The number of hydrogen-bond acceptors (Lipinski definition) is 3. The molecule has 1 aliphatic rings. The van der Waals surface area contributed by atoms with Crippen molar-refractivity contribution < 1.29 is 13.2 Å². The molecule has 0 aliphatic carbocycles. The third-order valence-electron chi connectivity index (χ3n) is 3.94. The zero-order valence-corrected chi connectivity index (χ0v) is 13.4. The monoisotopic (exact) mass is 315 g/mol. The topological polar surface area (TPSA) is 54.5 Å². The fourth-order valence-corrected chi connectivity index (χ4v) is 4.29. The minimum absolute atomic E-state index is 0.00550. The Labute approximate surface area is 130 Å². The molecule has 0 saturated heterocycles. The summed E-state index contributed by atoms with van der Waals surface area (Å²) in [5.74, 6) is -0.00550. The van der Waals surface area contributed by atoms with E-state index in [0.29, 0.717) is 11.3 Å². The van der Waals surface area contributed by atoms with Gasteiger partial charge in [-0.1, -0.05) is 29.8 Å². The maximum atomic E-state index is 12.9. The van der Waals surface area contributed by atoms with Crippen LogP contribution in [0.1, 0.15) is 27.9 Å². The van der Waals surface area contributed by atoms with E-state index in [1.807, 2.05) is 19.9 Å². The molecule has 0 aromatic heterocycles. The van der Waals surface area contributed by atoms with Gasteiger partial charge in [-0.05, 0) is 37.6 Å². The summed E-state index contributed by atoms with van der Waals surface area (Å²) in [5.41, 5.74) is 2.80. The fourth-order valence-electron chi connectivity index (χ4n) is 2.74. The van der Waals surface area contributed by atoms with Crippen molar-refractivity contribution in [2.45, 2.75) is 25.2 Å². The van der Waals surface area contributed by atoms with Crippen LogP contribution in [0.2, 0.25) is 0 Å². The first-order valence-electron chi connectivity index (χ1n) is 7.13. The quantitative estimate of drug-likeness (QED) is 0.856. The van der Waals surface area contributed by atoms with E-state index in [2.05, 4.69) is 0 Å². The molecule has 0 radical (unpaired) electrons. The smallest absolute Gasteiger partial charge is 0.264 e. The van der Waals surface area contributed by atoms with Crippen molar-refractivity contribution in [3.8, 4) is 0 Å². The molecule has 0 N–H and O–H groups in total. The van der Waals surface area contributed by atoms with Gasteiger partial charge in [0, 0.05) is 18.5 Å². The fraction of sp³-hybridized carbons (Fsp3) is 0.235. The van der Waals surface area contributed by atoms with E-state index in [-0.39, 0.29) is 23.6 Å². The zero-order chi connectivity index (χ0) is 15.9. The summed E-state index contributed by atoms with van der Waals surface area (Å²) in [6.07, 6.45) is 0.210. The molecule has 2 aromatic rings. The van der Waals surface area contributed by atoms with Crippen LogP contribution in [0.15, 0.2) is 47.4 Å². The van der Waals surface area contributed by atoms with Gasteiger partial charge in [0.15, 0.2) is 5.78 Å². The number of ketones is 1. The summed E-state index contributed by atoms with van der Waals surface area (Å²) < 4.78 is 27.2. The largest absolute Gasteiger partial charge is 0.294 e. The Balaban J connectivity index is 2.16. The molecule has 0 saturated carbocycles. The second kappa shape index (κ2) is 5.25. The van der Waals surface area contributed by atoms with Crippen LogP contribution in [0, 0.1) is 13.8 Å². The highest BCUT2D eigenvalue weighted by molar-refractivity contribution is 7.92. The normalized spacial score (nSPS) is 14.8. The Bertz CT molecular complexity index is 839. The number of carbonyl (C=O) groups is 1. The second-order valence-electron chi connectivity index (χ2n) is 5.53. The molecule has 114 valence electrons. The number of hydrogen-bond donors (Lipinski definition) is 0. The van der Waals surface area contributed by atoms with Gasteiger partial charge in [0.05, 0.1) is 10.6 Å². The van der Waals surface area contributed by atoms with Gasteiger partial charge in [-0.2, -0.15) is 0 Å². The summed E-state index contributed by atoms with van der Waals surface area (Å²) in [7, 11) is -3.66. The molecule has 2 aromatic carbocycles. The van der Waals surface area contributed by atoms with Crippen molar-refractivity contribution in [1.29, 1.82) is 0 Å². The van der Waals surface area contributed by atoms with E-state index in [4.69, 9.17) is 0 Å². The van der Waals surface area contributed by atoms with Gasteiger partial charge in [-0.15, -0.1) is 0 Å². The minimum atomic E-state index is -3.66. The molecular weight excluding hydrogens is 298 g/mol. The first-order chi connectivity index (χ1) is 10.4. The van der Waals surface area contributed by atoms with Crippen molar-refractivity contribution in [3.63, 3.8) is 0 Å². The first-order valence-corrected chi connectivity index (χ1v) is 8.57. The predicted octanol–water partition coefficient (Wildman–Crippen LogP) is 3.09. The average Bonchev–Trinajstić information content (AvgIpc) is 2.49. The second-order valence-corrected chi connectivity index (χ2v) is 7.40. The van der Waals surface area contributed by atoms with Crippen LogP contribution < -0.4 is 4.31 Å². The molecule has 0 spiro atoms. The average molecular weight is 315 g/mol. The van der Waals surface area contributed by atoms with Gasteiger partial charge in [-0.3, -0.25) is 9.10 Å². The number of carbonyl (C=O) groups excluding carboxylic acids is 1. The van der Waals surface area contributed by atoms with Crippen molar-refractivity contribution in [3.05, 3.63) is 59.2 Å². The van der Waals surface area contributed by atoms with E-state index >= 15 is 0 Å². The lowest BCUT2D eigenvalue weighted by atomic mass is 9.99. The molecule has 4 nitrogen and oxygen atoms in total. The van der Waals surface area contributed by atoms with Crippen LogP contribution in [-0.4, -0.2) is 20.7 Å². The summed E-state index contributed by atoms with van der Waals surface area (Å²) in [5, 5.41) is 0. The molecule has 22 heavy (non-hydrogen) atoms. The van der Waals surface area contributed by atoms with Crippen LogP contribution in [0.3, 0.4) is 0 Å². The van der Waals surface area contributed by atoms with Crippen molar-refractivity contribution in [1.82, 2.24) is 0 Å². The maximum absolute atomic E-state index is 12.9. The molecule has 0 amide bonds. The van der Waals surface area contributed by atoms with Crippen molar-refractivity contribution in [2.75, 3.05) is 10.8 Å². The van der Waals surface area contributed by atoms with E-state index < -0.39 is 10.0 Å². The highest BCUT2D eigenvalue weighted by Crippen LogP contribution is 2.34. The number of benzene rings is 2. The Kier molecular flexibility index (Phi) is 3.53. The number of fused-ring (bicyclic) bond motifs is 1. The number of rotatable bonds is 2. The van der Waals surface area contributed by atoms with Gasteiger partial charge in [0.2, 0.25) is 0 Å². The number of sulfonamides is 1. The number of Topliss-reactive ketones (excluding diaryl/α,β-unsaturated/α-hetero) is 1. The number of aryl methyl sites for hydroxylation is 2. The van der Waals surface area contributed by atoms with E-state index in [9.17, 15) is 13.2 Å². The maximum Gasteiger partial charge on any atom is 0.264 e. The predicted molar refractivity (Wildman–Crippen MR) is 85.8 cm³/mol. The van der Waals surface area contributed by atoms with Gasteiger partial charge >= 0.3 is 0 Å². The lowest BCUT2D eigenvalue weighted by Gasteiger charge is -2.31. The van der Waals surface area contributed by atoms with Gasteiger partial charge in [-0.25, -0.2) is 8.42 Å². The van der Waals surface area contributed by atoms with Crippen LogP contribution in [0.5, 0.6) is 0 Å². The molecule has 5 heteroatoms. The van der Waals surface area contributed by atoms with Crippen LogP contribution in [0.4, 0.5) is 5.69 Å². The van der Waals surface area contributed by atoms with Crippen LogP contribution in [-0.2, 0) is 10.0 Å². The summed E-state index contributed by atoms with van der Waals surface area (Å²) in [6, 6.07) is 12.1. The van der Waals surface area contributed by atoms with E-state index in [1.165, 1.54) is 4.31 Å². The van der Waals surface area contributed by atoms with Crippen LogP contribution in [0.25, 0.3) is 0 Å². The number of nitrogens with zero attached hydrogens (tertiary/aromatic N) is 1. The molecule has 0 unspecified atom stereocenters. The highest BCUT2D eigenvalue weighted by Gasteiger charge is 2.33. The molecule has 0 bridgehead atoms. The van der Waals surface area contributed by atoms with Crippen molar-refractivity contribution in [2.24, 2.45) is 0 Å². The van der Waals surface area contributed by atoms with Gasteiger partial charge in [0.1, 0.15) is 0 Å². The first kappa shape index (κ1) is 14.8. The Morgan fingerprint density at radius 1 is 1.00 bits per heavy atom. The number of anilines is 1. The summed E-state index contributed by atoms with van der Waals surface area (Å²) in [4.78, 5) is 12.3. The van der Waals surface area contributed by atoms with Gasteiger partial charge in [0.25, 0.3) is 10.0 Å². The molecule has 1 aliphatic heterocycles. The zero-order valence-electron chi connectivity index (χ0n) is 12.5. The van der Waals surface area contributed by atoms with E-state index in [0.717, 1.165) is 11.1 Å². The highest BCUT2D eigenvalue weighted by atomic mass is 32.2. The Hall–Kier alpha value is -2.14. The third-order valence-corrected chi connectivity index (χ3v) is 5.75. The van der Waals surface area contributed by atoms with E-state index in [1.54, 1.807) is 36.4 Å². The molecule has 0 fully saturated rings. The third kappa shape index (κ3) is 2.31. The minimum Gasteiger partial charge on any atom is -0.294 e. The van der Waals surface area contributed by atoms with Gasteiger partial charge < -0.3 is 0 Å². The lowest BCUT2D eigenvalue weighted by molar-refractivity contribution is 0.0982. The summed E-state index contributed by atoms with van der Waals surface area (Å²) in [6.45, 7) is 3.93. The Morgan fingerprint density at radius 3 is 2.36 bits per heavy atom.